The molecular formula is C14H13FN2O3. The Labute approximate surface area is 114 Å². The lowest BCUT2D eigenvalue weighted by Gasteiger charge is -2.07. The number of ether oxygens (including phenoxy) is 1. The Morgan fingerprint density at radius 3 is 2.80 bits per heavy atom. The molecule has 5 nitrogen and oxygen atoms in total. The normalized spacial score (nSPS) is 10.2. The van der Waals surface area contributed by atoms with Gasteiger partial charge in [-0.2, -0.15) is 0 Å². The molecule has 0 aliphatic carbocycles. The van der Waals surface area contributed by atoms with Crippen molar-refractivity contribution in [2.45, 2.75) is 6.54 Å². The summed E-state index contributed by atoms with van der Waals surface area (Å²) in [6.45, 7) is 0.189. The summed E-state index contributed by atoms with van der Waals surface area (Å²) in [5, 5.41) is 0. The average Bonchev–Trinajstić information content (AvgIpc) is 2.40. The predicted molar refractivity (Wildman–Crippen MR) is 71.8 cm³/mol. The number of halogens is 1. The van der Waals surface area contributed by atoms with Crippen LogP contribution in [0.15, 0.2) is 47.4 Å². The molecule has 1 heterocycles. The van der Waals surface area contributed by atoms with Gasteiger partial charge in [-0.1, -0.05) is 6.07 Å². The number of carbonyl (C=O) groups excluding carboxylic acids is 1. The highest BCUT2D eigenvalue weighted by atomic mass is 19.1. The molecule has 1 aromatic carbocycles. The monoisotopic (exact) mass is 276 g/mol. The molecule has 0 fully saturated rings. The van der Waals surface area contributed by atoms with E-state index in [1.807, 2.05) is 0 Å². The average molecular weight is 276 g/mol. The SMILES string of the molecule is Nc1ccc(C(=O)OCCn2ccccc2=O)c(F)c1. The maximum atomic E-state index is 13.5. The van der Waals surface area contributed by atoms with Crippen molar-refractivity contribution >= 4 is 11.7 Å². The van der Waals surface area contributed by atoms with Gasteiger partial charge in [-0.15, -0.1) is 0 Å². The van der Waals surface area contributed by atoms with Crippen LogP contribution in [0, 0.1) is 5.82 Å². The summed E-state index contributed by atoms with van der Waals surface area (Å²) in [7, 11) is 0. The van der Waals surface area contributed by atoms with Crippen molar-refractivity contribution in [2.24, 2.45) is 0 Å². The summed E-state index contributed by atoms with van der Waals surface area (Å²) in [4.78, 5) is 23.1. The summed E-state index contributed by atoms with van der Waals surface area (Å²) < 4.78 is 19.8. The molecule has 2 N–H and O–H groups in total. The first-order valence-corrected chi connectivity index (χ1v) is 5.95. The fraction of sp³-hybridized carbons (Fsp3) is 0.143. The largest absolute Gasteiger partial charge is 0.460 e. The van der Waals surface area contributed by atoms with Gasteiger partial charge in [0.15, 0.2) is 0 Å². The molecule has 0 aliphatic rings. The molecule has 104 valence electrons. The van der Waals surface area contributed by atoms with Crippen molar-refractivity contribution in [3.63, 3.8) is 0 Å². The number of nitrogens with zero attached hydrogens (tertiary/aromatic N) is 1. The van der Waals surface area contributed by atoms with Gasteiger partial charge in [-0.05, 0) is 24.3 Å². The smallest absolute Gasteiger partial charge is 0.341 e. The maximum Gasteiger partial charge on any atom is 0.341 e. The molecule has 20 heavy (non-hydrogen) atoms. The minimum absolute atomic E-state index is 0.0213. The molecule has 0 saturated heterocycles. The number of rotatable bonds is 4. The van der Waals surface area contributed by atoms with E-state index in [0.717, 1.165) is 6.07 Å². The van der Waals surface area contributed by atoms with Gasteiger partial charge in [0.25, 0.3) is 5.56 Å². The molecule has 6 heteroatoms. The molecule has 0 atom stereocenters. The van der Waals surface area contributed by atoms with Crippen LogP contribution in [0.4, 0.5) is 10.1 Å². The van der Waals surface area contributed by atoms with Crippen LogP contribution >= 0.6 is 0 Å². The Morgan fingerprint density at radius 1 is 1.30 bits per heavy atom. The highest BCUT2D eigenvalue weighted by Gasteiger charge is 2.13. The third kappa shape index (κ3) is 3.23. The van der Waals surface area contributed by atoms with Crippen LogP contribution in [0.3, 0.4) is 0 Å². The molecule has 0 bridgehead atoms. The van der Waals surface area contributed by atoms with Gasteiger partial charge in [0.1, 0.15) is 12.4 Å². The molecule has 0 radical (unpaired) electrons. The molecule has 0 amide bonds. The Hall–Kier alpha value is -2.63. The molecule has 0 spiro atoms. The van der Waals surface area contributed by atoms with Crippen LogP contribution < -0.4 is 11.3 Å². The highest BCUT2D eigenvalue weighted by Crippen LogP contribution is 2.12. The lowest BCUT2D eigenvalue weighted by atomic mass is 10.2. The van der Waals surface area contributed by atoms with Crippen molar-refractivity contribution in [2.75, 3.05) is 12.3 Å². The van der Waals surface area contributed by atoms with Gasteiger partial charge >= 0.3 is 5.97 Å². The van der Waals surface area contributed by atoms with Crippen LogP contribution in [-0.2, 0) is 11.3 Å². The Kier molecular flexibility index (Phi) is 4.14. The van der Waals surface area contributed by atoms with E-state index in [4.69, 9.17) is 10.5 Å². The highest BCUT2D eigenvalue weighted by molar-refractivity contribution is 5.90. The van der Waals surface area contributed by atoms with Crippen LogP contribution in [0.2, 0.25) is 0 Å². The van der Waals surface area contributed by atoms with E-state index in [1.165, 1.54) is 22.8 Å². The first-order chi connectivity index (χ1) is 9.58. The molecule has 2 rings (SSSR count). The van der Waals surface area contributed by atoms with Gasteiger partial charge in [0.05, 0.1) is 12.1 Å². The van der Waals surface area contributed by atoms with E-state index in [0.29, 0.717) is 0 Å². The molecular weight excluding hydrogens is 263 g/mol. The minimum atomic E-state index is -0.786. The van der Waals surface area contributed by atoms with Crippen LogP contribution in [-0.4, -0.2) is 17.1 Å². The van der Waals surface area contributed by atoms with Crippen LogP contribution in [0.1, 0.15) is 10.4 Å². The van der Waals surface area contributed by atoms with E-state index in [2.05, 4.69) is 0 Å². The molecule has 0 unspecified atom stereocenters. The molecule has 2 aromatic rings. The lowest BCUT2D eigenvalue weighted by molar-refractivity contribution is 0.0485. The minimum Gasteiger partial charge on any atom is -0.460 e. The predicted octanol–water partition coefficient (Wildman–Crippen LogP) is 1.43. The number of esters is 1. The summed E-state index contributed by atoms with van der Waals surface area (Å²) in [6, 6.07) is 8.46. The van der Waals surface area contributed by atoms with Crippen molar-refractivity contribution in [3.05, 3.63) is 64.3 Å². The second kappa shape index (κ2) is 6.01. The fourth-order valence-electron chi connectivity index (χ4n) is 1.66. The quantitative estimate of drug-likeness (QED) is 0.677. The van der Waals surface area contributed by atoms with Crippen LogP contribution in [0.5, 0.6) is 0 Å². The number of benzene rings is 1. The molecule has 0 aliphatic heterocycles. The van der Waals surface area contributed by atoms with E-state index in [-0.39, 0.29) is 30.0 Å². The number of hydrogen-bond acceptors (Lipinski definition) is 4. The Balaban J connectivity index is 1.96. The van der Waals surface area contributed by atoms with Crippen molar-refractivity contribution in [1.82, 2.24) is 4.57 Å². The first kappa shape index (κ1) is 13.8. The second-order valence-electron chi connectivity index (χ2n) is 4.11. The number of nitrogens with two attached hydrogens (primary N) is 1. The fourth-order valence-corrected chi connectivity index (χ4v) is 1.66. The zero-order valence-electron chi connectivity index (χ0n) is 10.6. The van der Waals surface area contributed by atoms with Gasteiger partial charge < -0.3 is 15.0 Å². The van der Waals surface area contributed by atoms with Gasteiger partial charge in [-0.3, -0.25) is 4.79 Å². The Bertz CT molecular complexity index is 682. The van der Waals surface area contributed by atoms with E-state index in [9.17, 15) is 14.0 Å². The van der Waals surface area contributed by atoms with Crippen molar-refractivity contribution in [1.29, 1.82) is 0 Å². The molecule has 0 saturated carbocycles. The number of aromatic nitrogens is 1. The third-order valence-electron chi connectivity index (χ3n) is 2.68. The van der Waals surface area contributed by atoms with Gasteiger partial charge in [-0.25, -0.2) is 9.18 Å². The number of anilines is 1. The topological polar surface area (TPSA) is 74.3 Å². The number of carbonyl (C=O) groups is 1. The second-order valence-corrected chi connectivity index (χ2v) is 4.11. The Morgan fingerprint density at radius 2 is 2.10 bits per heavy atom. The number of pyridine rings is 1. The summed E-state index contributed by atoms with van der Waals surface area (Å²) >= 11 is 0. The van der Waals surface area contributed by atoms with E-state index < -0.39 is 11.8 Å². The van der Waals surface area contributed by atoms with Crippen LogP contribution in [0.25, 0.3) is 0 Å². The van der Waals surface area contributed by atoms with E-state index in [1.54, 1.807) is 18.3 Å². The number of hydrogen-bond donors (Lipinski definition) is 1. The molecule has 1 aromatic heterocycles. The standard InChI is InChI=1S/C14H13FN2O3/c15-12-9-10(16)4-5-11(12)14(19)20-8-7-17-6-2-1-3-13(17)18/h1-6,9H,7-8,16H2. The van der Waals surface area contributed by atoms with Gasteiger partial charge in [0, 0.05) is 18.0 Å². The maximum absolute atomic E-state index is 13.5. The summed E-state index contributed by atoms with van der Waals surface area (Å²) in [5.41, 5.74) is 5.25. The van der Waals surface area contributed by atoms with Gasteiger partial charge in [0.2, 0.25) is 0 Å². The zero-order valence-corrected chi connectivity index (χ0v) is 10.6. The van der Waals surface area contributed by atoms with Crippen molar-refractivity contribution < 1.29 is 13.9 Å². The first-order valence-electron chi connectivity index (χ1n) is 5.95. The van der Waals surface area contributed by atoms with E-state index >= 15 is 0 Å². The van der Waals surface area contributed by atoms with Crippen molar-refractivity contribution in [3.8, 4) is 0 Å². The summed E-state index contributed by atoms with van der Waals surface area (Å²) in [5.74, 6) is -1.52. The number of nitrogen functional groups attached to an aromatic ring is 1. The zero-order chi connectivity index (χ0) is 14.5. The lowest BCUT2D eigenvalue weighted by Crippen LogP contribution is -2.21. The summed E-state index contributed by atoms with van der Waals surface area (Å²) in [6.07, 6.45) is 1.58. The third-order valence-corrected chi connectivity index (χ3v) is 2.68.